The average molecular weight is 212 g/mol. The van der Waals surface area contributed by atoms with Crippen LogP contribution in [-0.2, 0) is 9.53 Å². The van der Waals surface area contributed by atoms with Crippen LogP contribution in [-0.4, -0.2) is 30.5 Å². The topological polar surface area (TPSA) is 46.5 Å². The van der Waals surface area contributed by atoms with Crippen molar-refractivity contribution in [2.24, 2.45) is 0 Å². The van der Waals surface area contributed by atoms with Crippen molar-refractivity contribution in [1.82, 2.24) is 0 Å². The summed E-state index contributed by atoms with van der Waals surface area (Å²) in [5, 5.41) is 8.13. The van der Waals surface area contributed by atoms with Gasteiger partial charge in [-0.2, -0.15) is 13.2 Å². The van der Waals surface area contributed by atoms with Crippen LogP contribution in [0.3, 0.4) is 0 Å². The van der Waals surface area contributed by atoms with Crippen molar-refractivity contribution in [3.63, 3.8) is 0 Å². The molecule has 0 bridgehead atoms. The smallest absolute Gasteiger partial charge is 0.389 e. The van der Waals surface area contributed by atoms with Crippen molar-refractivity contribution < 1.29 is 27.8 Å². The van der Waals surface area contributed by atoms with Gasteiger partial charge >= 0.3 is 12.1 Å². The molecule has 0 radical (unpaired) electrons. The van der Waals surface area contributed by atoms with E-state index in [1.165, 1.54) is 6.08 Å². The molecule has 0 saturated heterocycles. The van der Waals surface area contributed by atoms with Crippen LogP contribution in [0.25, 0.3) is 0 Å². The predicted molar refractivity (Wildman–Crippen MR) is 42.9 cm³/mol. The van der Waals surface area contributed by atoms with E-state index >= 15 is 0 Å². The Bertz CT molecular complexity index is 198. The van der Waals surface area contributed by atoms with Gasteiger partial charge in [0.1, 0.15) is 0 Å². The molecule has 1 N–H and O–H groups in total. The third-order valence-corrected chi connectivity index (χ3v) is 1.22. The van der Waals surface area contributed by atoms with Gasteiger partial charge in [-0.05, 0) is 6.42 Å². The van der Waals surface area contributed by atoms with Gasteiger partial charge in [0.05, 0.1) is 6.61 Å². The molecule has 6 heteroatoms. The van der Waals surface area contributed by atoms with Gasteiger partial charge < -0.3 is 9.84 Å². The minimum absolute atomic E-state index is 0.0180. The first kappa shape index (κ1) is 13.0. The summed E-state index contributed by atoms with van der Waals surface area (Å²) in [6, 6.07) is 0. The van der Waals surface area contributed by atoms with Crippen LogP contribution in [0.5, 0.6) is 0 Å². The van der Waals surface area contributed by atoms with E-state index in [1.807, 2.05) is 0 Å². The van der Waals surface area contributed by atoms with Gasteiger partial charge in [0.25, 0.3) is 0 Å². The van der Waals surface area contributed by atoms with Crippen LogP contribution in [0.2, 0.25) is 0 Å². The Morgan fingerprint density at radius 3 is 2.57 bits per heavy atom. The zero-order valence-corrected chi connectivity index (χ0v) is 7.38. The van der Waals surface area contributed by atoms with E-state index in [4.69, 9.17) is 9.84 Å². The van der Waals surface area contributed by atoms with Gasteiger partial charge in [0.2, 0.25) is 0 Å². The molecule has 0 atom stereocenters. The van der Waals surface area contributed by atoms with Crippen molar-refractivity contribution in [3.05, 3.63) is 12.2 Å². The first-order chi connectivity index (χ1) is 6.42. The molecule has 0 aliphatic heterocycles. The third kappa shape index (κ3) is 11.0. The molecule has 3 nitrogen and oxygen atoms in total. The van der Waals surface area contributed by atoms with Gasteiger partial charge in [-0.1, -0.05) is 6.08 Å². The summed E-state index contributed by atoms with van der Waals surface area (Å²) in [7, 11) is 0. The third-order valence-electron chi connectivity index (χ3n) is 1.22. The van der Waals surface area contributed by atoms with E-state index in [2.05, 4.69) is 0 Å². The molecule has 0 unspecified atom stereocenters. The second-order valence-corrected chi connectivity index (χ2v) is 2.53. The number of rotatable bonds is 6. The van der Waals surface area contributed by atoms with Gasteiger partial charge in [0.15, 0.2) is 0 Å². The first-order valence-corrected chi connectivity index (χ1v) is 3.96. The monoisotopic (exact) mass is 212 g/mol. The first-order valence-electron chi connectivity index (χ1n) is 3.96. The molecule has 82 valence electrons. The van der Waals surface area contributed by atoms with Crippen LogP contribution in [0.4, 0.5) is 13.2 Å². The molecule has 0 aliphatic rings. The van der Waals surface area contributed by atoms with E-state index < -0.39 is 18.6 Å². The maximum absolute atomic E-state index is 11.6. The number of hydrogen-bond donors (Lipinski definition) is 1. The summed E-state index contributed by atoms with van der Waals surface area (Å²) < 4.78 is 39.5. The van der Waals surface area contributed by atoms with Crippen molar-refractivity contribution in [2.75, 3.05) is 13.2 Å². The van der Waals surface area contributed by atoms with Gasteiger partial charge in [-0.25, -0.2) is 4.79 Å². The largest absolute Gasteiger partial charge is 0.478 e. The summed E-state index contributed by atoms with van der Waals surface area (Å²) in [6.07, 6.45) is -3.03. The van der Waals surface area contributed by atoms with Gasteiger partial charge in [-0.3, -0.25) is 0 Å². The van der Waals surface area contributed by atoms with E-state index in [9.17, 15) is 18.0 Å². The highest BCUT2D eigenvalue weighted by Gasteiger charge is 2.25. The van der Waals surface area contributed by atoms with Gasteiger partial charge in [-0.15, -0.1) is 0 Å². The Hall–Kier alpha value is -1.04. The Morgan fingerprint density at radius 2 is 2.07 bits per heavy atom. The molecule has 0 aromatic carbocycles. The van der Waals surface area contributed by atoms with Crippen molar-refractivity contribution in [3.8, 4) is 0 Å². The zero-order chi connectivity index (χ0) is 11.0. The summed E-state index contributed by atoms with van der Waals surface area (Å²) in [5.41, 5.74) is 0. The van der Waals surface area contributed by atoms with E-state index in [1.54, 1.807) is 0 Å². The van der Waals surface area contributed by atoms with Crippen molar-refractivity contribution in [1.29, 1.82) is 0 Å². The van der Waals surface area contributed by atoms with E-state index in [-0.39, 0.29) is 19.6 Å². The van der Waals surface area contributed by atoms with E-state index in [0.717, 1.165) is 6.08 Å². The Kier molecular flexibility index (Phi) is 5.94. The highest BCUT2D eigenvalue weighted by atomic mass is 19.4. The van der Waals surface area contributed by atoms with Crippen LogP contribution >= 0.6 is 0 Å². The number of halogens is 3. The summed E-state index contributed by atoms with van der Waals surface area (Å²) in [6.45, 7) is -0.00632. The zero-order valence-electron chi connectivity index (χ0n) is 7.38. The molecule has 0 spiro atoms. The molecule has 0 rings (SSSR count). The molecule has 0 heterocycles. The number of alkyl halides is 3. The lowest BCUT2D eigenvalue weighted by atomic mass is 10.3. The molecule has 0 amide bonds. The number of aliphatic carboxylic acids is 1. The Morgan fingerprint density at radius 1 is 1.43 bits per heavy atom. The van der Waals surface area contributed by atoms with Crippen molar-refractivity contribution in [2.45, 2.75) is 19.0 Å². The van der Waals surface area contributed by atoms with Crippen LogP contribution < -0.4 is 0 Å². The summed E-state index contributed by atoms with van der Waals surface area (Å²) in [4.78, 5) is 9.93. The highest BCUT2D eigenvalue weighted by molar-refractivity contribution is 5.79. The number of carboxylic acid groups (broad SMARTS) is 1. The second-order valence-electron chi connectivity index (χ2n) is 2.53. The summed E-state index contributed by atoms with van der Waals surface area (Å²) in [5.74, 6) is -1.11. The minimum Gasteiger partial charge on any atom is -0.478 e. The van der Waals surface area contributed by atoms with E-state index in [0.29, 0.717) is 0 Å². The lowest BCUT2D eigenvalue weighted by Crippen LogP contribution is -2.08. The standard InChI is InChI=1S/C8H11F3O3/c9-8(10,11)4-2-6-14-5-1-3-7(12)13/h1,3H,2,4-6H2,(H,12,13)/b3-1+. The van der Waals surface area contributed by atoms with Crippen molar-refractivity contribution >= 4 is 5.97 Å². The lowest BCUT2D eigenvalue weighted by molar-refractivity contribution is -0.137. The highest BCUT2D eigenvalue weighted by Crippen LogP contribution is 2.20. The van der Waals surface area contributed by atoms with Crippen LogP contribution in [0.15, 0.2) is 12.2 Å². The van der Waals surface area contributed by atoms with Crippen LogP contribution in [0, 0.1) is 0 Å². The fourth-order valence-electron chi connectivity index (χ4n) is 0.675. The molecule has 0 fully saturated rings. The lowest BCUT2D eigenvalue weighted by Gasteiger charge is -2.05. The molecule has 0 aromatic heterocycles. The average Bonchev–Trinajstić information content (AvgIpc) is 2.00. The quantitative estimate of drug-likeness (QED) is 0.541. The maximum Gasteiger partial charge on any atom is 0.389 e. The normalized spacial score (nSPS) is 12.2. The van der Waals surface area contributed by atoms with Crippen LogP contribution in [0.1, 0.15) is 12.8 Å². The fraction of sp³-hybridized carbons (Fsp3) is 0.625. The fourth-order valence-corrected chi connectivity index (χ4v) is 0.675. The maximum atomic E-state index is 11.6. The number of hydrogen-bond acceptors (Lipinski definition) is 2. The van der Waals surface area contributed by atoms with Gasteiger partial charge in [0, 0.05) is 19.1 Å². The summed E-state index contributed by atoms with van der Waals surface area (Å²) >= 11 is 0. The Labute approximate surface area is 79.2 Å². The molecular weight excluding hydrogens is 201 g/mol. The second kappa shape index (κ2) is 6.42. The SMILES string of the molecule is O=C(O)/C=C/COCCCC(F)(F)F. The predicted octanol–water partition coefficient (Wildman–Crippen LogP) is 1.99. The Balaban J connectivity index is 3.27. The minimum atomic E-state index is -4.15. The molecular formula is C8H11F3O3. The number of ether oxygens (including phenoxy) is 1. The molecule has 0 aromatic rings. The molecule has 0 saturated carbocycles. The number of carboxylic acids is 1. The number of carbonyl (C=O) groups is 1. The molecule has 0 aliphatic carbocycles. The molecule has 14 heavy (non-hydrogen) atoms.